The third-order valence-corrected chi connectivity index (χ3v) is 2.36. The number of allylic oxidation sites excluding steroid dienone is 1. The van der Waals surface area contributed by atoms with Gasteiger partial charge in [0.05, 0.1) is 0 Å². The van der Waals surface area contributed by atoms with Crippen molar-refractivity contribution in [3.05, 3.63) is 24.9 Å². The molecule has 0 heterocycles. The monoisotopic (exact) mass is 167 g/mol. The van der Waals surface area contributed by atoms with Gasteiger partial charge >= 0.3 is 0 Å². The third-order valence-electron chi connectivity index (χ3n) is 2.36. The molecule has 0 aromatic rings. The van der Waals surface area contributed by atoms with Crippen molar-refractivity contribution in [3.8, 4) is 0 Å². The van der Waals surface area contributed by atoms with E-state index < -0.39 is 0 Å². The predicted molar refractivity (Wildman–Crippen MR) is 56.0 cm³/mol. The van der Waals surface area contributed by atoms with Crippen LogP contribution in [0.2, 0.25) is 0 Å². The van der Waals surface area contributed by atoms with Crippen molar-refractivity contribution in [2.75, 3.05) is 6.54 Å². The van der Waals surface area contributed by atoms with E-state index in [-0.39, 0.29) is 0 Å². The predicted octanol–water partition coefficient (Wildman–Crippen LogP) is 3.10. The number of hydrogen-bond acceptors (Lipinski definition) is 1. The van der Waals surface area contributed by atoms with Crippen LogP contribution in [0.15, 0.2) is 24.9 Å². The molecule has 0 saturated heterocycles. The van der Waals surface area contributed by atoms with Crippen molar-refractivity contribution in [1.29, 1.82) is 0 Å². The van der Waals surface area contributed by atoms with Gasteiger partial charge in [0.25, 0.3) is 0 Å². The highest BCUT2D eigenvalue weighted by molar-refractivity contribution is 5.07. The van der Waals surface area contributed by atoms with E-state index in [1.54, 1.807) is 6.08 Å². The lowest BCUT2D eigenvalue weighted by Crippen LogP contribution is -2.20. The largest absolute Gasteiger partial charge is 0.386 e. The van der Waals surface area contributed by atoms with E-state index in [2.05, 4.69) is 39.2 Å². The first-order valence-electron chi connectivity index (χ1n) is 4.57. The first kappa shape index (κ1) is 11.3. The van der Waals surface area contributed by atoms with Crippen LogP contribution in [0.1, 0.15) is 33.6 Å². The van der Waals surface area contributed by atoms with Crippen LogP contribution < -0.4 is 5.32 Å². The summed E-state index contributed by atoms with van der Waals surface area (Å²) in [4.78, 5) is 0. The van der Waals surface area contributed by atoms with Crippen LogP contribution in [0.4, 0.5) is 0 Å². The van der Waals surface area contributed by atoms with Gasteiger partial charge in [0.1, 0.15) is 0 Å². The van der Waals surface area contributed by atoms with Gasteiger partial charge in [-0.3, -0.25) is 0 Å². The number of nitrogens with one attached hydrogen (secondary N) is 1. The summed E-state index contributed by atoms with van der Waals surface area (Å²) in [5.74, 6) is 0. The Bertz CT molecular complexity index is 156. The molecular weight excluding hydrogens is 146 g/mol. The van der Waals surface area contributed by atoms with Gasteiger partial charge in [0, 0.05) is 12.2 Å². The maximum atomic E-state index is 3.79. The van der Waals surface area contributed by atoms with Crippen LogP contribution in [0.3, 0.4) is 0 Å². The lowest BCUT2D eigenvalue weighted by Gasteiger charge is -2.22. The Balaban J connectivity index is 3.56. The molecule has 1 nitrogen and oxygen atoms in total. The fourth-order valence-corrected chi connectivity index (χ4v) is 0.810. The molecule has 0 fully saturated rings. The first-order valence-corrected chi connectivity index (χ1v) is 4.57. The molecule has 70 valence electrons. The normalized spacial score (nSPS) is 10.9. The molecular formula is C11H21N. The molecule has 1 N–H and O–H groups in total. The van der Waals surface area contributed by atoms with Crippen LogP contribution in [0.25, 0.3) is 0 Å². The standard InChI is InChI=1S/C11H21N/c1-6-10(3)12-9-8-11(4,5)7-2/h6,12H,1,3,7-9H2,2,4-5H3. The van der Waals surface area contributed by atoms with E-state index in [4.69, 9.17) is 0 Å². The smallest absolute Gasteiger partial charge is 0.0261 e. The molecule has 0 unspecified atom stereocenters. The topological polar surface area (TPSA) is 12.0 Å². The summed E-state index contributed by atoms with van der Waals surface area (Å²) in [6.45, 7) is 15.2. The summed E-state index contributed by atoms with van der Waals surface area (Å²) in [5.41, 5.74) is 1.36. The highest BCUT2D eigenvalue weighted by atomic mass is 14.9. The Morgan fingerprint density at radius 2 is 2.08 bits per heavy atom. The molecule has 0 radical (unpaired) electrons. The molecule has 0 aromatic carbocycles. The van der Waals surface area contributed by atoms with Crippen molar-refractivity contribution in [3.63, 3.8) is 0 Å². The minimum atomic E-state index is 0.439. The maximum Gasteiger partial charge on any atom is 0.0261 e. The Morgan fingerprint density at radius 1 is 1.50 bits per heavy atom. The number of hydrogen-bond donors (Lipinski definition) is 1. The van der Waals surface area contributed by atoms with E-state index >= 15 is 0 Å². The summed E-state index contributed by atoms with van der Waals surface area (Å²) in [7, 11) is 0. The van der Waals surface area contributed by atoms with Gasteiger partial charge in [0.2, 0.25) is 0 Å². The molecule has 1 heteroatoms. The Morgan fingerprint density at radius 3 is 2.50 bits per heavy atom. The molecule has 0 atom stereocenters. The second kappa shape index (κ2) is 5.02. The lowest BCUT2D eigenvalue weighted by molar-refractivity contribution is 0.320. The summed E-state index contributed by atoms with van der Waals surface area (Å²) in [6, 6.07) is 0. The Kier molecular flexibility index (Phi) is 4.72. The van der Waals surface area contributed by atoms with Crippen LogP contribution in [-0.4, -0.2) is 6.54 Å². The zero-order valence-electron chi connectivity index (χ0n) is 8.61. The molecule has 0 aliphatic rings. The zero-order chi connectivity index (χ0) is 9.61. The van der Waals surface area contributed by atoms with Crippen molar-refractivity contribution in [1.82, 2.24) is 5.32 Å². The Hall–Kier alpha value is -0.720. The minimum absolute atomic E-state index is 0.439. The zero-order valence-corrected chi connectivity index (χ0v) is 8.61. The van der Waals surface area contributed by atoms with Crippen LogP contribution in [-0.2, 0) is 0 Å². The van der Waals surface area contributed by atoms with E-state index in [1.165, 1.54) is 12.8 Å². The first-order chi connectivity index (χ1) is 5.52. The van der Waals surface area contributed by atoms with Crippen molar-refractivity contribution in [2.45, 2.75) is 33.6 Å². The van der Waals surface area contributed by atoms with E-state index in [1.807, 2.05) is 0 Å². The second-order valence-electron chi connectivity index (χ2n) is 3.92. The average molecular weight is 167 g/mol. The number of rotatable bonds is 6. The third kappa shape index (κ3) is 5.00. The highest BCUT2D eigenvalue weighted by Crippen LogP contribution is 2.23. The molecule has 0 aromatic heterocycles. The van der Waals surface area contributed by atoms with Crippen LogP contribution in [0.5, 0.6) is 0 Å². The maximum absolute atomic E-state index is 3.79. The quantitative estimate of drug-likeness (QED) is 0.599. The van der Waals surface area contributed by atoms with Crippen molar-refractivity contribution >= 4 is 0 Å². The SMILES string of the molecule is C=CC(=C)NCCC(C)(C)CC. The second-order valence-corrected chi connectivity index (χ2v) is 3.92. The average Bonchev–Trinajstić information content (AvgIpc) is 2.04. The van der Waals surface area contributed by atoms with Gasteiger partial charge in [-0.25, -0.2) is 0 Å². The fourth-order valence-electron chi connectivity index (χ4n) is 0.810. The molecule has 0 bridgehead atoms. The molecule has 0 amide bonds. The van der Waals surface area contributed by atoms with E-state index in [0.717, 1.165) is 12.2 Å². The van der Waals surface area contributed by atoms with Gasteiger partial charge in [0.15, 0.2) is 0 Å². The summed E-state index contributed by atoms with van der Waals surface area (Å²) in [6.07, 6.45) is 4.14. The molecule has 12 heavy (non-hydrogen) atoms. The molecule has 0 aliphatic heterocycles. The van der Waals surface area contributed by atoms with E-state index in [0.29, 0.717) is 5.41 Å². The van der Waals surface area contributed by atoms with E-state index in [9.17, 15) is 0 Å². The highest BCUT2D eigenvalue weighted by Gasteiger charge is 2.13. The van der Waals surface area contributed by atoms with Crippen molar-refractivity contribution < 1.29 is 0 Å². The summed E-state index contributed by atoms with van der Waals surface area (Å²) < 4.78 is 0. The van der Waals surface area contributed by atoms with Crippen LogP contribution >= 0.6 is 0 Å². The minimum Gasteiger partial charge on any atom is -0.386 e. The molecule has 0 saturated carbocycles. The van der Waals surface area contributed by atoms with Crippen LogP contribution in [0, 0.1) is 5.41 Å². The fraction of sp³-hybridized carbons (Fsp3) is 0.636. The van der Waals surface area contributed by atoms with Gasteiger partial charge < -0.3 is 5.32 Å². The van der Waals surface area contributed by atoms with Gasteiger partial charge in [-0.05, 0) is 17.9 Å². The van der Waals surface area contributed by atoms with Crippen molar-refractivity contribution in [2.24, 2.45) is 5.41 Å². The Labute approximate surface area is 76.6 Å². The van der Waals surface area contributed by atoms with Gasteiger partial charge in [-0.1, -0.05) is 40.3 Å². The summed E-state index contributed by atoms with van der Waals surface area (Å²) >= 11 is 0. The van der Waals surface area contributed by atoms with Gasteiger partial charge in [-0.2, -0.15) is 0 Å². The molecule has 0 aliphatic carbocycles. The molecule has 0 spiro atoms. The molecule has 0 rings (SSSR count). The summed E-state index contributed by atoms with van der Waals surface area (Å²) in [5, 5.41) is 3.21. The van der Waals surface area contributed by atoms with Gasteiger partial charge in [-0.15, -0.1) is 0 Å². The lowest BCUT2D eigenvalue weighted by atomic mass is 9.86.